The summed E-state index contributed by atoms with van der Waals surface area (Å²) in [6.07, 6.45) is 5.78. The lowest BCUT2D eigenvalue weighted by atomic mass is 9.98. The minimum Gasteiger partial charge on any atom is -0.343 e. The van der Waals surface area contributed by atoms with Gasteiger partial charge in [-0.15, -0.1) is 0 Å². The molecule has 0 aromatic heterocycles. The van der Waals surface area contributed by atoms with Crippen LogP contribution < -0.4 is 10.5 Å². The number of amides is 1. The Morgan fingerprint density at radius 2 is 1.91 bits per heavy atom. The molecule has 0 unspecified atom stereocenters. The summed E-state index contributed by atoms with van der Waals surface area (Å²) < 4.78 is 26.3. The number of carbonyl (C=O) groups is 1. The summed E-state index contributed by atoms with van der Waals surface area (Å²) in [6.45, 7) is 3.13. The highest BCUT2D eigenvalue weighted by molar-refractivity contribution is 7.89. The topological polar surface area (TPSA) is 92.5 Å². The quantitative estimate of drug-likeness (QED) is 0.754. The highest BCUT2D eigenvalue weighted by Crippen LogP contribution is 2.27. The summed E-state index contributed by atoms with van der Waals surface area (Å²) in [5.41, 5.74) is 6.03. The lowest BCUT2D eigenvalue weighted by Crippen LogP contribution is -2.47. The molecule has 2 rings (SSSR count). The number of carbonyl (C=O) groups excluding carboxylic acids is 1. The molecule has 0 bridgehead atoms. The SMILES string of the molecule is CCCS(=O)(=O)NC1CCN(C(=O)C[C@@H]2CCC[C@H]2N)CC1. The zero-order valence-corrected chi connectivity index (χ0v) is 14.3. The van der Waals surface area contributed by atoms with Crippen molar-refractivity contribution in [2.45, 2.75) is 64.0 Å². The number of rotatable bonds is 6. The molecule has 0 aromatic carbocycles. The van der Waals surface area contributed by atoms with Crippen molar-refractivity contribution in [3.63, 3.8) is 0 Å². The standard InChI is InChI=1S/C15H29N3O3S/c1-2-10-22(20,21)17-13-6-8-18(9-7-13)15(19)11-12-4-3-5-14(12)16/h12-14,17H,2-11,16H2,1H3/t12-,14+/m0/s1. The van der Waals surface area contributed by atoms with E-state index in [0.717, 1.165) is 19.3 Å². The predicted octanol–water partition coefficient (Wildman–Crippen LogP) is 0.824. The van der Waals surface area contributed by atoms with Gasteiger partial charge in [-0.1, -0.05) is 13.3 Å². The van der Waals surface area contributed by atoms with Crippen LogP contribution in [-0.4, -0.2) is 50.2 Å². The number of piperidine rings is 1. The second-order valence-electron chi connectivity index (χ2n) is 6.65. The van der Waals surface area contributed by atoms with Crippen molar-refractivity contribution in [2.75, 3.05) is 18.8 Å². The number of likely N-dealkylation sites (tertiary alicyclic amines) is 1. The van der Waals surface area contributed by atoms with Crippen molar-refractivity contribution >= 4 is 15.9 Å². The third-order valence-corrected chi connectivity index (χ3v) is 6.46. The van der Waals surface area contributed by atoms with Gasteiger partial charge in [0.05, 0.1) is 5.75 Å². The summed E-state index contributed by atoms with van der Waals surface area (Å²) in [6, 6.07) is 0.136. The molecule has 2 fully saturated rings. The third-order valence-electron chi connectivity index (χ3n) is 4.82. The number of nitrogens with zero attached hydrogens (tertiary/aromatic N) is 1. The van der Waals surface area contributed by atoms with Gasteiger partial charge in [-0.25, -0.2) is 13.1 Å². The van der Waals surface area contributed by atoms with Gasteiger partial charge in [0.2, 0.25) is 15.9 Å². The summed E-state index contributed by atoms with van der Waals surface area (Å²) in [5.74, 6) is 0.677. The molecule has 3 N–H and O–H groups in total. The molecule has 1 aliphatic carbocycles. The van der Waals surface area contributed by atoms with Crippen LogP contribution >= 0.6 is 0 Å². The normalized spacial score (nSPS) is 27.3. The average molecular weight is 331 g/mol. The van der Waals surface area contributed by atoms with Crippen molar-refractivity contribution in [2.24, 2.45) is 11.7 Å². The second kappa shape index (κ2) is 7.75. The van der Waals surface area contributed by atoms with Gasteiger partial charge < -0.3 is 10.6 Å². The molecular weight excluding hydrogens is 302 g/mol. The van der Waals surface area contributed by atoms with Crippen molar-refractivity contribution in [3.8, 4) is 0 Å². The second-order valence-corrected chi connectivity index (χ2v) is 8.52. The van der Waals surface area contributed by atoms with Gasteiger partial charge in [0, 0.05) is 31.6 Å². The van der Waals surface area contributed by atoms with E-state index in [-0.39, 0.29) is 23.7 Å². The van der Waals surface area contributed by atoms with Crippen LogP contribution in [0.15, 0.2) is 0 Å². The van der Waals surface area contributed by atoms with Crippen molar-refractivity contribution in [1.82, 2.24) is 9.62 Å². The Hall–Kier alpha value is -0.660. The van der Waals surface area contributed by atoms with Crippen molar-refractivity contribution in [1.29, 1.82) is 0 Å². The van der Waals surface area contributed by atoms with Crippen LogP contribution in [0.25, 0.3) is 0 Å². The Labute approximate surface area is 133 Å². The van der Waals surface area contributed by atoms with Crippen molar-refractivity contribution in [3.05, 3.63) is 0 Å². The minimum absolute atomic E-state index is 0.0330. The number of hydrogen-bond donors (Lipinski definition) is 2. The van der Waals surface area contributed by atoms with Crippen LogP contribution in [-0.2, 0) is 14.8 Å². The van der Waals surface area contributed by atoms with Gasteiger partial charge >= 0.3 is 0 Å². The van der Waals surface area contributed by atoms with Crippen LogP contribution in [0.2, 0.25) is 0 Å². The smallest absolute Gasteiger partial charge is 0.222 e. The van der Waals surface area contributed by atoms with Crippen molar-refractivity contribution < 1.29 is 13.2 Å². The molecule has 1 saturated heterocycles. The summed E-state index contributed by atoms with van der Waals surface area (Å²) in [7, 11) is -3.16. The van der Waals surface area contributed by atoms with Gasteiger partial charge in [0.15, 0.2) is 0 Å². The molecule has 2 aliphatic rings. The maximum atomic E-state index is 12.3. The van der Waals surface area contributed by atoms with Gasteiger partial charge in [-0.2, -0.15) is 0 Å². The molecular formula is C15H29N3O3S. The Kier molecular flexibility index (Phi) is 6.23. The maximum Gasteiger partial charge on any atom is 0.222 e. The van der Waals surface area contributed by atoms with E-state index < -0.39 is 10.0 Å². The first kappa shape index (κ1) is 17.7. The van der Waals surface area contributed by atoms with E-state index in [0.29, 0.717) is 44.7 Å². The molecule has 0 radical (unpaired) electrons. The lowest BCUT2D eigenvalue weighted by Gasteiger charge is -2.33. The zero-order chi connectivity index (χ0) is 16.2. The van der Waals surface area contributed by atoms with E-state index in [2.05, 4.69) is 4.72 Å². The summed E-state index contributed by atoms with van der Waals surface area (Å²) in [5, 5.41) is 0. The minimum atomic E-state index is -3.16. The van der Waals surface area contributed by atoms with Crippen LogP contribution in [0.1, 0.15) is 51.9 Å². The van der Waals surface area contributed by atoms with E-state index in [1.807, 2.05) is 11.8 Å². The van der Waals surface area contributed by atoms with Gasteiger partial charge in [0.25, 0.3) is 0 Å². The largest absolute Gasteiger partial charge is 0.343 e. The molecule has 22 heavy (non-hydrogen) atoms. The van der Waals surface area contributed by atoms with E-state index in [1.54, 1.807) is 0 Å². The third kappa shape index (κ3) is 4.93. The van der Waals surface area contributed by atoms with E-state index in [4.69, 9.17) is 5.73 Å². The fourth-order valence-corrected chi connectivity index (χ4v) is 4.90. The first-order valence-corrected chi connectivity index (χ1v) is 10.1. The lowest BCUT2D eigenvalue weighted by molar-refractivity contribution is -0.133. The maximum absolute atomic E-state index is 12.3. The summed E-state index contributed by atoms with van der Waals surface area (Å²) in [4.78, 5) is 14.2. The van der Waals surface area contributed by atoms with Crippen LogP contribution in [0, 0.1) is 5.92 Å². The Bertz CT molecular complexity index is 472. The van der Waals surface area contributed by atoms with Crippen LogP contribution in [0.5, 0.6) is 0 Å². The zero-order valence-electron chi connectivity index (χ0n) is 13.5. The molecule has 128 valence electrons. The van der Waals surface area contributed by atoms with E-state index >= 15 is 0 Å². The van der Waals surface area contributed by atoms with Gasteiger partial charge in [-0.05, 0) is 38.0 Å². The number of sulfonamides is 1. The molecule has 6 nitrogen and oxygen atoms in total. The number of hydrogen-bond acceptors (Lipinski definition) is 4. The molecule has 0 aromatic rings. The van der Waals surface area contributed by atoms with Crippen LogP contribution in [0.4, 0.5) is 0 Å². The monoisotopic (exact) mass is 331 g/mol. The summed E-state index contributed by atoms with van der Waals surface area (Å²) >= 11 is 0. The molecule has 1 saturated carbocycles. The highest BCUT2D eigenvalue weighted by Gasteiger charge is 2.30. The fraction of sp³-hybridized carbons (Fsp3) is 0.933. The molecule has 1 aliphatic heterocycles. The number of nitrogens with one attached hydrogen (secondary N) is 1. The molecule has 1 amide bonds. The Balaban J connectivity index is 1.75. The van der Waals surface area contributed by atoms with Gasteiger partial charge in [-0.3, -0.25) is 4.79 Å². The highest BCUT2D eigenvalue weighted by atomic mass is 32.2. The average Bonchev–Trinajstić information content (AvgIpc) is 2.84. The van der Waals surface area contributed by atoms with Crippen LogP contribution in [0.3, 0.4) is 0 Å². The first-order chi connectivity index (χ1) is 10.4. The predicted molar refractivity (Wildman–Crippen MR) is 86.7 cm³/mol. The van der Waals surface area contributed by atoms with Gasteiger partial charge in [0.1, 0.15) is 0 Å². The molecule has 0 spiro atoms. The Morgan fingerprint density at radius 3 is 2.45 bits per heavy atom. The van der Waals surface area contributed by atoms with E-state index in [9.17, 15) is 13.2 Å². The van der Waals surface area contributed by atoms with E-state index in [1.165, 1.54) is 0 Å². The Morgan fingerprint density at radius 1 is 1.23 bits per heavy atom. The molecule has 1 heterocycles. The molecule has 7 heteroatoms. The fourth-order valence-electron chi connectivity index (χ4n) is 3.50. The first-order valence-electron chi connectivity index (χ1n) is 8.44. The number of nitrogens with two attached hydrogens (primary N) is 1. The molecule has 2 atom stereocenters.